The SMILES string of the molecule is Cn1cc(C(=O)Nc2cccc(Oc3ccc4nc(NC(=O)C5CC5)nn4c3)c2)c(C(F)(F)F)n1. The summed E-state index contributed by atoms with van der Waals surface area (Å²) in [6, 6.07) is 9.49. The molecule has 180 valence electrons. The van der Waals surface area contributed by atoms with Crippen LogP contribution >= 0.6 is 0 Å². The number of aryl methyl sites for hydroxylation is 1. The van der Waals surface area contributed by atoms with Crippen LogP contribution in [0.2, 0.25) is 0 Å². The Hall–Kier alpha value is -4.42. The predicted molar refractivity (Wildman–Crippen MR) is 117 cm³/mol. The summed E-state index contributed by atoms with van der Waals surface area (Å²) in [6.07, 6.45) is -0.469. The number of rotatable bonds is 6. The molecule has 0 aliphatic heterocycles. The van der Waals surface area contributed by atoms with Crippen molar-refractivity contribution < 1.29 is 27.5 Å². The van der Waals surface area contributed by atoms with Gasteiger partial charge in [-0.05, 0) is 37.1 Å². The summed E-state index contributed by atoms with van der Waals surface area (Å²) in [5.41, 5.74) is -1.12. The minimum absolute atomic E-state index is 0.0199. The summed E-state index contributed by atoms with van der Waals surface area (Å²) in [7, 11) is 1.30. The van der Waals surface area contributed by atoms with Crippen LogP contribution in [0.15, 0.2) is 48.8 Å². The van der Waals surface area contributed by atoms with Gasteiger partial charge in [0, 0.05) is 30.9 Å². The van der Waals surface area contributed by atoms with Crippen LogP contribution in [0.5, 0.6) is 11.5 Å². The highest BCUT2D eigenvalue weighted by Crippen LogP contribution is 2.32. The largest absolute Gasteiger partial charge is 0.456 e. The molecular weight excluding hydrogens is 467 g/mol. The number of aromatic nitrogens is 5. The highest BCUT2D eigenvalue weighted by atomic mass is 19.4. The molecule has 0 unspecified atom stereocenters. The maximum Gasteiger partial charge on any atom is 0.435 e. The van der Waals surface area contributed by atoms with E-state index in [-0.39, 0.29) is 23.5 Å². The molecule has 35 heavy (non-hydrogen) atoms. The van der Waals surface area contributed by atoms with Gasteiger partial charge in [0.05, 0.1) is 11.8 Å². The lowest BCUT2D eigenvalue weighted by molar-refractivity contribution is -0.141. The third kappa shape index (κ3) is 4.93. The normalized spacial score (nSPS) is 13.6. The van der Waals surface area contributed by atoms with E-state index in [1.54, 1.807) is 30.5 Å². The predicted octanol–water partition coefficient (Wildman–Crippen LogP) is 3.87. The van der Waals surface area contributed by atoms with Crippen LogP contribution < -0.4 is 15.4 Å². The zero-order valence-corrected chi connectivity index (χ0v) is 18.2. The number of fused-ring (bicyclic) bond motifs is 1. The van der Waals surface area contributed by atoms with Crippen molar-refractivity contribution in [1.29, 1.82) is 0 Å². The van der Waals surface area contributed by atoms with E-state index in [9.17, 15) is 22.8 Å². The van der Waals surface area contributed by atoms with E-state index >= 15 is 0 Å². The molecule has 0 bridgehead atoms. The van der Waals surface area contributed by atoms with E-state index in [1.807, 2.05) is 0 Å². The first-order valence-electron chi connectivity index (χ1n) is 10.5. The number of halogens is 3. The van der Waals surface area contributed by atoms with E-state index in [0.717, 1.165) is 23.7 Å². The van der Waals surface area contributed by atoms with Gasteiger partial charge in [0.15, 0.2) is 11.3 Å². The van der Waals surface area contributed by atoms with E-state index < -0.39 is 23.3 Å². The third-order valence-electron chi connectivity index (χ3n) is 5.16. The van der Waals surface area contributed by atoms with Gasteiger partial charge in [0.25, 0.3) is 5.91 Å². The molecule has 1 saturated carbocycles. The number of nitrogens with one attached hydrogen (secondary N) is 2. The van der Waals surface area contributed by atoms with Crippen molar-refractivity contribution in [2.24, 2.45) is 13.0 Å². The summed E-state index contributed by atoms with van der Waals surface area (Å²) in [5.74, 6) is -0.134. The second-order valence-corrected chi connectivity index (χ2v) is 8.01. The van der Waals surface area contributed by atoms with Gasteiger partial charge < -0.3 is 10.1 Å². The van der Waals surface area contributed by atoms with Gasteiger partial charge in [0.2, 0.25) is 11.9 Å². The van der Waals surface area contributed by atoms with Gasteiger partial charge in [-0.15, -0.1) is 5.10 Å². The highest BCUT2D eigenvalue weighted by molar-refractivity contribution is 6.05. The molecule has 13 heteroatoms. The second kappa shape index (κ2) is 8.42. The van der Waals surface area contributed by atoms with Gasteiger partial charge in [-0.2, -0.15) is 23.3 Å². The minimum Gasteiger partial charge on any atom is -0.456 e. The lowest BCUT2D eigenvalue weighted by atomic mass is 10.2. The minimum atomic E-state index is -4.76. The fourth-order valence-corrected chi connectivity index (χ4v) is 3.37. The van der Waals surface area contributed by atoms with Crippen LogP contribution in [0.1, 0.15) is 28.9 Å². The average molecular weight is 485 g/mol. The summed E-state index contributed by atoms with van der Waals surface area (Å²) in [6.45, 7) is 0. The van der Waals surface area contributed by atoms with Gasteiger partial charge in [-0.25, -0.2) is 4.52 Å². The zero-order valence-electron chi connectivity index (χ0n) is 18.2. The Morgan fingerprint density at radius 1 is 1.06 bits per heavy atom. The van der Waals surface area contributed by atoms with E-state index in [0.29, 0.717) is 17.1 Å². The number of carbonyl (C=O) groups excluding carboxylic acids is 2. The number of benzene rings is 1. The lowest BCUT2D eigenvalue weighted by Gasteiger charge is -2.10. The van der Waals surface area contributed by atoms with Crippen LogP contribution in [-0.4, -0.2) is 36.2 Å². The van der Waals surface area contributed by atoms with Gasteiger partial charge in [0.1, 0.15) is 11.5 Å². The maximum absolute atomic E-state index is 13.2. The molecule has 0 radical (unpaired) electrons. The Morgan fingerprint density at radius 2 is 1.86 bits per heavy atom. The Balaban J connectivity index is 1.30. The molecule has 1 aliphatic carbocycles. The number of hydrogen-bond acceptors (Lipinski definition) is 6. The number of amides is 2. The standard InChI is InChI=1S/C22H18F3N7O3/c1-31-11-16(18(29-31)22(23,24)25)20(34)26-13-3-2-4-14(9-13)35-15-7-8-17-27-21(30-32(17)10-15)28-19(33)12-5-6-12/h2-4,7-12H,5-6H2,1H3,(H,26,34)(H,28,30,33). The Labute approximate surface area is 195 Å². The van der Waals surface area contributed by atoms with E-state index in [1.165, 1.54) is 23.7 Å². The molecule has 2 N–H and O–H groups in total. The fraction of sp³-hybridized carbons (Fsp3) is 0.227. The van der Waals surface area contributed by atoms with Crippen LogP contribution in [0.3, 0.4) is 0 Å². The molecule has 0 spiro atoms. The molecule has 4 aromatic rings. The molecule has 1 aliphatic rings. The molecule has 1 fully saturated rings. The molecule has 1 aromatic carbocycles. The van der Waals surface area contributed by atoms with Crippen molar-refractivity contribution in [1.82, 2.24) is 24.4 Å². The van der Waals surface area contributed by atoms with Crippen molar-refractivity contribution in [3.8, 4) is 11.5 Å². The lowest BCUT2D eigenvalue weighted by Crippen LogP contribution is -2.17. The molecule has 5 rings (SSSR count). The van der Waals surface area contributed by atoms with Crippen molar-refractivity contribution in [3.05, 3.63) is 60.0 Å². The van der Waals surface area contributed by atoms with Crippen molar-refractivity contribution in [2.45, 2.75) is 19.0 Å². The third-order valence-corrected chi connectivity index (χ3v) is 5.16. The first-order chi connectivity index (χ1) is 16.7. The topological polar surface area (TPSA) is 115 Å². The Morgan fingerprint density at radius 3 is 2.60 bits per heavy atom. The summed E-state index contributed by atoms with van der Waals surface area (Å²) in [4.78, 5) is 28.6. The number of hydrogen-bond donors (Lipinski definition) is 2. The van der Waals surface area contributed by atoms with Gasteiger partial charge >= 0.3 is 6.18 Å². The smallest absolute Gasteiger partial charge is 0.435 e. The zero-order chi connectivity index (χ0) is 24.7. The summed E-state index contributed by atoms with van der Waals surface area (Å²) < 4.78 is 47.7. The number of alkyl halides is 3. The molecule has 10 nitrogen and oxygen atoms in total. The molecule has 0 saturated heterocycles. The van der Waals surface area contributed by atoms with Crippen molar-refractivity contribution in [3.63, 3.8) is 0 Å². The molecule has 0 atom stereocenters. The number of pyridine rings is 1. The molecule has 3 aromatic heterocycles. The van der Waals surface area contributed by atoms with Crippen LogP contribution in [0.4, 0.5) is 24.8 Å². The average Bonchev–Trinajstić information content (AvgIpc) is 3.45. The van der Waals surface area contributed by atoms with E-state index in [2.05, 4.69) is 25.8 Å². The second-order valence-electron chi connectivity index (χ2n) is 8.01. The Kier molecular flexibility index (Phi) is 5.38. The van der Waals surface area contributed by atoms with E-state index in [4.69, 9.17) is 4.74 Å². The first-order valence-corrected chi connectivity index (χ1v) is 10.5. The van der Waals surface area contributed by atoms with Crippen LogP contribution in [0.25, 0.3) is 5.65 Å². The fourth-order valence-electron chi connectivity index (χ4n) is 3.37. The number of ether oxygens (including phenoxy) is 1. The van der Waals surface area contributed by atoms with Gasteiger partial charge in [-0.3, -0.25) is 19.6 Å². The number of nitrogens with zero attached hydrogens (tertiary/aromatic N) is 5. The highest BCUT2D eigenvalue weighted by Gasteiger charge is 2.39. The molecule has 2 amide bonds. The summed E-state index contributed by atoms with van der Waals surface area (Å²) in [5, 5.41) is 12.7. The number of carbonyl (C=O) groups is 2. The quantitative estimate of drug-likeness (QED) is 0.428. The number of anilines is 2. The van der Waals surface area contributed by atoms with Crippen molar-refractivity contribution >= 4 is 29.1 Å². The summed E-state index contributed by atoms with van der Waals surface area (Å²) >= 11 is 0. The monoisotopic (exact) mass is 485 g/mol. The van der Waals surface area contributed by atoms with Crippen LogP contribution in [0, 0.1) is 5.92 Å². The van der Waals surface area contributed by atoms with Crippen LogP contribution in [-0.2, 0) is 18.0 Å². The first kappa shape index (κ1) is 22.4. The Bertz CT molecular complexity index is 1440. The molecular formula is C22H18F3N7O3. The molecule has 3 heterocycles. The van der Waals surface area contributed by atoms with Crippen molar-refractivity contribution in [2.75, 3.05) is 10.6 Å². The maximum atomic E-state index is 13.2. The van der Waals surface area contributed by atoms with Gasteiger partial charge in [-0.1, -0.05) is 6.07 Å².